The number of thiophene rings is 1. The Kier molecular flexibility index (Phi) is 4.10. The van der Waals surface area contributed by atoms with Crippen LogP contribution in [0.3, 0.4) is 0 Å². The summed E-state index contributed by atoms with van der Waals surface area (Å²) >= 11 is 1.43. The number of aliphatic hydroxyl groups excluding tert-OH is 1. The molecule has 0 aliphatic heterocycles. The topological polar surface area (TPSA) is 49.3 Å². The van der Waals surface area contributed by atoms with Gasteiger partial charge in [0.05, 0.1) is 17.5 Å². The van der Waals surface area contributed by atoms with E-state index in [4.69, 9.17) is 5.11 Å². The van der Waals surface area contributed by atoms with Gasteiger partial charge in [-0.1, -0.05) is 6.92 Å². The summed E-state index contributed by atoms with van der Waals surface area (Å²) in [7, 11) is 0. The normalized spacial score (nSPS) is 12.5. The molecule has 1 rings (SSSR count). The van der Waals surface area contributed by atoms with Crippen LogP contribution in [0.4, 0.5) is 0 Å². The molecule has 1 heterocycles. The van der Waals surface area contributed by atoms with E-state index in [0.717, 1.165) is 16.9 Å². The van der Waals surface area contributed by atoms with Crippen LogP contribution in [0.15, 0.2) is 11.4 Å². The van der Waals surface area contributed by atoms with Gasteiger partial charge in [0.2, 0.25) is 0 Å². The van der Waals surface area contributed by atoms with Crippen molar-refractivity contribution in [1.29, 1.82) is 0 Å². The standard InChI is InChI=1S/C10H15NO2S/c1-3-8(6-12)11-10(13)9-7(2)4-5-14-9/h4-5,8,12H,3,6H2,1-2H3,(H,11,13). The summed E-state index contributed by atoms with van der Waals surface area (Å²) in [6.45, 7) is 3.83. The van der Waals surface area contributed by atoms with Crippen molar-refractivity contribution >= 4 is 17.2 Å². The Morgan fingerprint density at radius 1 is 1.71 bits per heavy atom. The van der Waals surface area contributed by atoms with Gasteiger partial charge in [0.1, 0.15) is 0 Å². The minimum absolute atomic E-state index is 0.00728. The van der Waals surface area contributed by atoms with Crippen LogP contribution in [-0.2, 0) is 0 Å². The quantitative estimate of drug-likeness (QED) is 0.797. The SMILES string of the molecule is CCC(CO)NC(=O)c1sccc1C. The van der Waals surface area contributed by atoms with E-state index in [1.807, 2.05) is 25.3 Å². The third-order valence-electron chi connectivity index (χ3n) is 2.12. The third-order valence-corrected chi connectivity index (χ3v) is 3.13. The van der Waals surface area contributed by atoms with Crippen LogP contribution < -0.4 is 5.32 Å². The minimum atomic E-state index is -0.135. The lowest BCUT2D eigenvalue weighted by molar-refractivity contribution is 0.0918. The fourth-order valence-electron chi connectivity index (χ4n) is 1.13. The Morgan fingerprint density at radius 2 is 2.43 bits per heavy atom. The molecule has 1 atom stereocenters. The molecule has 78 valence electrons. The molecule has 2 N–H and O–H groups in total. The Hall–Kier alpha value is -0.870. The zero-order valence-electron chi connectivity index (χ0n) is 8.41. The van der Waals surface area contributed by atoms with Gasteiger partial charge in [0.25, 0.3) is 5.91 Å². The number of aryl methyl sites for hydroxylation is 1. The van der Waals surface area contributed by atoms with Gasteiger partial charge in [-0.05, 0) is 30.4 Å². The number of aliphatic hydroxyl groups is 1. The van der Waals surface area contributed by atoms with Crippen LogP contribution in [-0.4, -0.2) is 23.7 Å². The average molecular weight is 213 g/mol. The maximum atomic E-state index is 11.6. The van der Waals surface area contributed by atoms with Gasteiger partial charge in [-0.3, -0.25) is 4.79 Å². The van der Waals surface area contributed by atoms with E-state index < -0.39 is 0 Å². The summed E-state index contributed by atoms with van der Waals surface area (Å²) in [6.07, 6.45) is 0.743. The van der Waals surface area contributed by atoms with Crippen molar-refractivity contribution in [1.82, 2.24) is 5.32 Å². The highest BCUT2D eigenvalue weighted by atomic mass is 32.1. The van der Waals surface area contributed by atoms with Crippen molar-refractivity contribution in [2.45, 2.75) is 26.3 Å². The zero-order valence-corrected chi connectivity index (χ0v) is 9.23. The monoisotopic (exact) mass is 213 g/mol. The van der Waals surface area contributed by atoms with Gasteiger partial charge in [0.15, 0.2) is 0 Å². The average Bonchev–Trinajstić information content (AvgIpc) is 2.60. The molecule has 1 amide bonds. The van der Waals surface area contributed by atoms with E-state index in [9.17, 15) is 4.79 Å². The van der Waals surface area contributed by atoms with E-state index in [-0.39, 0.29) is 18.6 Å². The smallest absolute Gasteiger partial charge is 0.261 e. The van der Waals surface area contributed by atoms with Crippen molar-refractivity contribution in [2.24, 2.45) is 0 Å². The van der Waals surface area contributed by atoms with Crippen LogP contribution in [0, 0.1) is 6.92 Å². The number of hydrogen-bond acceptors (Lipinski definition) is 3. The highest BCUT2D eigenvalue weighted by molar-refractivity contribution is 7.12. The van der Waals surface area contributed by atoms with Crippen LogP contribution in [0.1, 0.15) is 28.6 Å². The molecule has 0 saturated heterocycles. The van der Waals surface area contributed by atoms with Gasteiger partial charge in [-0.2, -0.15) is 0 Å². The maximum Gasteiger partial charge on any atom is 0.261 e. The second-order valence-electron chi connectivity index (χ2n) is 3.19. The Morgan fingerprint density at radius 3 is 2.86 bits per heavy atom. The summed E-state index contributed by atoms with van der Waals surface area (Å²) in [5, 5.41) is 13.6. The molecule has 0 aromatic carbocycles. The molecule has 0 spiro atoms. The molecule has 1 aromatic heterocycles. The number of hydrogen-bond donors (Lipinski definition) is 2. The van der Waals surface area contributed by atoms with Crippen LogP contribution in [0.5, 0.6) is 0 Å². The Labute approximate surface area is 87.8 Å². The van der Waals surface area contributed by atoms with E-state index >= 15 is 0 Å². The van der Waals surface area contributed by atoms with Gasteiger partial charge in [0, 0.05) is 0 Å². The van der Waals surface area contributed by atoms with Crippen molar-refractivity contribution in [3.8, 4) is 0 Å². The lowest BCUT2D eigenvalue weighted by Crippen LogP contribution is -2.36. The first-order chi connectivity index (χ1) is 6.69. The predicted molar refractivity (Wildman–Crippen MR) is 57.7 cm³/mol. The first-order valence-corrected chi connectivity index (χ1v) is 5.52. The molecule has 0 aliphatic carbocycles. The molecule has 1 unspecified atom stereocenters. The second kappa shape index (κ2) is 5.12. The number of nitrogens with one attached hydrogen (secondary N) is 1. The largest absolute Gasteiger partial charge is 0.394 e. The lowest BCUT2D eigenvalue weighted by Gasteiger charge is -2.13. The van der Waals surface area contributed by atoms with E-state index in [2.05, 4.69) is 5.32 Å². The van der Waals surface area contributed by atoms with Crippen LogP contribution in [0.25, 0.3) is 0 Å². The number of rotatable bonds is 4. The molecular weight excluding hydrogens is 198 g/mol. The highest BCUT2D eigenvalue weighted by Gasteiger charge is 2.13. The molecule has 0 saturated carbocycles. The second-order valence-corrected chi connectivity index (χ2v) is 4.11. The van der Waals surface area contributed by atoms with Crippen molar-refractivity contribution < 1.29 is 9.90 Å². The maximum absolute atomic E-state index is 11.6. The molecule has 0 radical (unpaired) electrons. The summed E-state index contributed by atoms with van der Waals surface area (Å²) in [4.78, 5) is 12.4. The van der Waals surface area contributed by atoms with E-state index in [0.29, 0.717) is 0 Å². The lowest BCUT2D eigenvalue weighted by atomic mass is 10.2. The van der Waals surface area contributed by atoms with Crippen molar-refractivity contribution in [3.05, 3.63) is 21.9 Å². The van der Waals surface area contributed by atoms with Crippen LogP contribution >= 0.6 is 11.3 Å². The highest BCUT2D eigenvalue weighted by Crippen LogP contribution is 2.15. The fourth-order valence-corrected chi connectivity index (χ4v) is 1.96. The van der Waals surface area contributed by atoms with Gasteiger partial charge < -0.3 is 10.4 Å². The molecule has 3 nitrogen and oxygen atoms in total. The number of carbonyl (C=O) groups excluding carboxylic acids is 1. The minimum Gasteiger partial charge on any atom is -0.394 e. The van der Waals surface area contributed by atoms with Crippen molar-refractivity contribution in [3.63, 3.8) is 0 Å². The van der Waals surface area contributed by atoms with Crippen LogP contribution in [0.2, 0.25) is 0 Å². The molecule has 14 heavy (non-hydrogen) atoms. The molecule has 0 aliphatic rings. The number of amides is 1. The van der Waals surface area contributed by atoms with Gasteiger partial charge in [-0.25, -0.2) is 0 Å². The third kappa shape index (κ3) is 2.56. The number of carbonyl (C=O) groups is 1. The Balaban J connectivity index is 2.63. The van der Waals surface area contributed by atoms with E-state index in [1.165, 1.54) is 11.3 Å². The zero-order chi connectivity index (χ0) is 10.6. The molecule has 0 fully saturated rings. The first-order valence-electron chi connectivity index (χ1n) is 4.64. The summed E-state index contributed by atoms with van der Waals surface area (Å²) in [5.74, 6) is -0.0848. The first kappa shape index (κ1) is 11.2. The molecule has 1 aromatic rings. The summed E-state index contributed by atoms with van der Waals surface area (Å²) in [5.41, 5.74) is 0.986. The molecule has 0 bridgehead atoms. The molecule has 4 heteroatoms. The predicted octanol–water partition coefficient (Wildman–Crippen LogP) is 1.56. The van der Waals surface area contributed by atoms with E-state index in [1.54, 1.807) is 0 Å². The van der Waals surface area contributed by atoms with Gasteiger partial charge in [-0.15, -0.1) is 11.3 Å². The fraction of sp³-hybridized carbons (Fsp3) is 0.500. The van der Waals surface area contributed by atoms with Gasteiger partial charge >= 0.3 is 0 Å². The Bertz CT molecular complexity index is 305. The summed E-state index contributed by atoms with van der Waals surface area (Å²) < 4.78 is 0. The van der Waals surface area contributed by atoms with Crippen molar-refractivity contribution in [2.75, 3.05) is 6.61 Å². The summed E-state index contributed by atoms with van der Waals surface area (Å²) in [6, 6.07) is 1.78. The molecular formula is C10H15NO2S.